The van der Waals surface area contributed by atoms with Gasteiger partial charge in [-0.2, -0.15) is 0 Å². The van der Waals surface area contributed by atoms with Crippen molar-refractivity contribution in [3.05, 3.63) is 34.9 Å². The largest absolute Gasteiger partial charge is 0.478 e. The van der Waals surface area contributed by atoms with E-state index < -0.39 is 5.97 Å². The maximum absolute atomic E-state index is 12.5. The van der Waals surface area contributed by atoms with Gasteiger partial charge in [-0.15, -0.1) is 0 Å². The third-order valence-electron chi connectivity index (χ3n) is 2.92. The second kappa shape index (κ2) is 8.04. The molecule has 1 amide bonds. The second-order valence-corrected chi connectivity index (χ2v) is 5.21. The molecular formula is C15H20BrNO3. The summed E-state index contributed by atoms with van der Waals surface area (Å²) in [5.41, 5.74) is 1.39. The number of hydrogen-bond donors (Lipinski definition) is 1. The van der Waals surface area contributed by atoms with E-state index in [1.165, 1.54) is 6.07 Å². The Balaban J connectivity index is 3.12. The zero-order chi connectivity index (χ0) is 15.1. The molecule has 0 spiro atoms. The number of carboxylic acid groups (broad SMARTS) is 1. The fourth-order valence-electron chi connectivity index (χ4n) is 2.05. The van der Waals surface area contributed by atoms with Gasteiger partial charge < -0.3 is 10.0 Å². The Morgan fingerprint density at radius 3 is 2.10 bits per heavy atom. The number of carboxylic acids is 1. The second-order valence-electron chi connectivity index (χ2n) is 4.65. The molecule has 0 unspecified atom stereocenters. The molecule has 1 aromatic rings. The molecule has 0 atom stereocenters. The molecule has 0 radical (unpaired) electrons. The summed E-state index contributed by atoms with van der Waals surface area (Å²) in [6.07, 6.45) is 1.77. The van der Waals surface area contributed by atoms with Crippen LogP contribution in [0.4, 0.5) is 0 Å². The van der Waals surface area contributed by atoms with E-state index in [4.69, 9.17) is 5.11 Å². The SMILES string of the molecule is CCCN(CCC)C(=O)c1cc(CBr)cc(C(=O)O)c1. The number of hydrogen-bond acceptors (Lipinski definition) is 2. The van der Waals surface area contributed by atoms with Crippen LogP contribution in [0.1, 0.15) is 53.0 Å². The van der Waals surface area contributed by atoms with E-state index in [2.05, 4.69) is 15.9 Å². The average molecular weight is 342 g/mol. The smallest absolute Gasteiger partial charge is 0.335 e. The van der Waals surface area contributed by atoms with Crippen molar-refractivity contribution in [2.75, 3.05) is 13.1 Å². The zero-order valence-electron chi connectivity index (χ0n) is 11.9. The molecular weight excluding hydrogens is 322 g/mol. The van der Waals surface area contributed by atoms with Crippen molar-refractivity contribution in [1.29, 1.82) is 0 Å². The van der Waals surface area contributed by atoms with Crippen LogP contribution in [0.2, 0.25) is 0 Å². The van der Waals surface area contributed by atoms with Crippen LogP contribution in [0.5, 0.6) is 0 Å². The number of amides is 1. The molecule has 0 aliphatic heterocycles. The number of halogens is 1. The van der Waals surface area contributed by atoms with E-state index in [9.17, 15) is 9.59 Å². The maximum Gasteiger partial charge on any atom is 0.335 e. The molecule has 0 bridgehead atoms. The zero-order valence-corrected chi connectivity index (χ0v) is 13.4. The standard InChI is InChI=1S/C15H20BrNO3/c1-3-5-17(6-4-2)14(18)12-7-11(10-16)8-13(9-12)15(19)20/h7-9H,3-6,10H2,1-2H3,(H,19,20). The fraction of sp³-hybridized carbons (Fsp3) is 0.467. The Morgan fingerprint density at radius 2 is 1.65 bits per heavy atom. The van der Waals surface area contributed by atoms with Crippen LogP contribution >= 0.6 is 15.9 Å². The number of aromatic carboxylic acids is 1. The van der Waals surface area contributed by atoms with Crippen molar-refractivity contribution in [3.8, 4) is 0 Å². The van der Waals surface area contributed by atoms with E-state index in [0.29, 0.717) is 24.0 Å². The van der Waals surface area contributed by atoms with Gasteiger partial charge in [-0.3, -0.25) is 4.79 Å². The lowest BCUT2D eigenvalue weighted by molar-refractivity contribution is 0.0696. The molecule has 0 saturated carbocycles. The molecule has 0 fully saturated rings. The highest BCUT2D eigenvalue weighted by Gasteiger charge is 2.17. The molecule has 0 heterocycles. The molecule has 0 aromatic heterocycles. The molecule has 1 N–H and O–H groups in total. The number of nitrogens with zero attached hydrogens (tertiary/aromatic N) is 1. The van der Waals surface area contributed by atoms with Gasteiger partial charge in [0.25, 0.3) is 5.91 Å². The summed E-state index contributed by atoms with van der Waals surface area (Å²) in [6, 6.07) is 4.79. The van der Waals surface area contributed by atoms with Crippen LogP contribution < -0.4 is 0 Å². The summed E-state index contributed by atoms with van der Waals surface area (Å²) in [7, 11) is 0. The molecule has 1 aromatic carbocycles. The third-order valence-corrected chi connectivity index (χ3v) is 3.56. The van der Waals surface area contributed by atoms with Gasteiger partial charge in [0.2, 0.25) is 0 Å². The van der Waals surface area contributed by atoms with Crippen LogP contribution in [0, 0.1) is 0 Å². The van der Waals surface area contributed by atoms with Gasteiger partial charge >= 0.3 is 5.97 Å². The predicted octanol–water partition coefficient (Wildman–Crippen LogP) is 3.54. The molecule has 5 heteroatoms. The molecule has 1 rings (SSSR count). The monoisotopic (exact) mass is 341 g/mol. The summed E-state index contributed by atoms with van der Waals surface area (Å²) in [4.78, 5) is 25.4. The Hall–Kier alpha value is -1.36. The average Bonchev–Trinajstić information content (AvgIpc) is 2.45. The van der Waals surface area contributed by atoms with Gasteiger partial charge in [0.05, 0.1) is 5.56 Å². The van der Waals surface area contributed by atoms with Crippen LogP contribution in [0.15, 0.2) is 18.2 Å². The van der Waals surface area contributed by atoms with Gasteiger partial charge in [-0.25, -0.2) is 4.79 Å². The topological polar surface area (TPSA) is 57.6 Å². The summed E-state index contributed by atoms with van der Waals surface area (Å²) < 4.78 is 0. The number of carbonyl (C=O) groups excluding carboxylic acids is 1. The van der Waals surface area contributed by atoms with E-state index in [-0.39, 0.29) is 11.5 Å². The number of benzene rings is 1. The summed E-state index contributed by atoms with van der Waals surface area (Å²) >= 11 is 3.30. The lowest BCUT2D eigenvalue weighted by atomic mass is 10.1. The molecule has 0 aliphatic carbocycles. The normalized spacial score (nSPS) is 10.3. The van der Waals surface area contributed by atoms with Gasteiger partial charge in [0, 0.05) is 24.0 Å². The minimum absolute atomic E-state index is 0.0981. The Labute approximate surface area is 127 Å². The molecule has 110 valence electrons. The Bertz CT molecular complexity index is 482. The summed E-state index contributed by atoms with van der Waals surface area (Å²) in [5, 5.41) is 9.64. The van der Waals surface area contributed by atoms with Crippen molar-refractivity contribution >= 4 is 27.8 Å². The molecule has 0 saturated heterocycles. The minimum atomic E-state index is -1.01. The lowest BCUT2D eigenvalue weighted by Gasteiger charge is -2.22. The maximum atomic E-state index is 12.5. The van der Waals surface area contributed by atoms with Crippen molar-refractivity contribution < 1.29 is 14.7 Å². The van der Waals surface area contributed by atoms with E-state index in [0.717, 1.165) is 18.4 Å². The van der Waals surface area contributed by atoms with E-state index in [1.54, 1.807) is 17.0 Å². The van der Waals surface area contributed by atoms with Crippen LogP contribution in [-0.4, -0.2) is 35.0 Å². The first-order valence-corrected chi connectivity index (χ1v) is 7.88. The quantitative estimate of drug-likeness (QED) is 0.771. The fourth-order valence-corrected chi connectivity index (χ4v) is 2.38. The van der Waals surface area contributed by atoms with Gasteiger partial charge in [0.15, 0.2) is 0 Å². The number of rotatable bonds is 7. The molecule has 0 aliphatic rings. The summed E-state index contributed by atoms with van der Waals surface area (Å²) in [5.74, 6) is -1.11. The van der Waals surface area contributed by atoms with Crippen molar-refractivity contribution in [2.24, 2.45) is 0 Å². The highest BCUT2D eigenvalue weighted by Crippen LogP contribution is 2.16. The van der Waals surface area contributed by atoms with Crippen molar-refractivity contribution in [2.45, 2.75) is 32.0 Å². The van der Waals surface area contributed by atoms with Gasteiger partial charge in [0.1, 0.15) is 0 Å². The first-order valence-electron chi connectivity index (χ1n) is 6.75. The van der Waals surface area contributed by atoms with E-state index in [1.807, 2.05) is 13.8 Å². The minimum Gasteiger partial charge on any atom is -0.478 e. The highest BCUT2D eigenvalue weighted by atomic mass is 79.9. The van der Waals surface area contributed by atoms with Crippen LogP contribution in [0.3, 0.4) is 0 Å². The van der Waals surface area contributed by atoms with Crippen LogP contribution in [-0.2, 0) is 5.33 Å². The van der Waals surface area contributed by atoms with Crippen molar-refractivity contribution in [3.63, 3.8) is 0 Å². The number of alkyl halides is 1. The Morgan fingerprint density at radius 1 is 1.10 bits per heavy atom. The first-order chi connectivity index (χ1) is 9.53. The molecule has 4 nitrogen and oxygen atoms in total. The third kappa shape index (κ3) is 4.34. The Kier molecular flexibility index (Phi) is 6.71. The first kappa shape index (κ1) is 16.7. The van der Waals surface area contributed by atoms with E-state index >= 15 is 0 Å². The van der Waals surface area contributed by atoms with Crippen molar-refractivity contribution in [1.82, 2.24) is 4.90 Å². The van der Waals surface area contributed by atoms with Gasteiger partial charge in [-0.05, 0) is 36.6 Å². The van der Waals surface area contributed by atoms with Gasteiger partial charge in [-0.1, -0.05) is 29.8 Å². The van der Waals surface area contributed by atoms with Crippen LogP contribution in [0.25, 0.3) is 0 Å². The molecule has 20 heavy (non-hydrogen) atoms. The predicted molar refractivity (Wildman–Crippen MR) is 82.5 cm³/mol. The highest BCUT2D eigenvalue weighted by molar-refractivity contribution is 9.08. The number of carbonyl (C=O) groups is 2. The lowest BCUT2D eigenvalue weighted by Crippen LogP contribution is -2.32. The summed E-state index contributed by atoms with van der Waals surface area (Å²) in [6.45, 7) is 5.42.